The minimum absolute atomic E-state index is 0.0000276. The molecule has 1 saturated carbocycles. The number of aliphatic carboxylic acids is 1. The normalized spacial score (nSPS) is 19.4. The van der Waals surface area contributed by atoms with E-state index in [0.717, 1.165) is 12.8 Å². The maximum absolute atomic E-state index is 12.6. The molecule has 1 fully saturated rings. The molecule has 0 spiro atoms. The fraction of sp³-hybridized carbons (Fsp3) is 0.444. The van der Waals surface area contributed by atoms with E-state index < -0.39 is 12.1 Å². The topological polar surface area (TPSA) is 95.9 Å². The fourth-order valence-corrected chi connectivity index (χ4v) is 5.29. The highest BCUT2D eigenvalue weighted by atomic mass is 16.5. The van der Waals surface area contributed by atoms with Crippen LogP contribution in [0.1, 0.15) is 56.6 Å². The summed E-state index contributed by atoms with van der Waals surface area (Å²) in [5.74, 6) is -0.717. The minimum Gasteiger partial charge on any atom is -0.481 e. The van der Waals surface area contributed by atoms with Crippen molar-refractivity contribution in [2.75, 3.05) is 13.2 Å². The van der Waals surface area contributed by atoms with E-state index in [1.807, 2.05) is 31.2 Å². The second kappa shape index (κ2) is 10.3. The molecule has 34 heavy (non-hydrogen) atoms. The van der Waals surface area contributed by atoms with Crippen molar-refractivity contribution in [2.24, 2.45) is 5.92 Å². The summed E-state index contributed by atoms with van der Waals surface area (Å²) in [4.78, 5) is 37.6. The van der Waals surface area contributed by atoms with Crippen LogP contribution in [0, 0.1) is 5.92 Å². The van der Waals surface area contributed by atoms with Crippen LogP contribution in [0.25, 0.3) is 11.1 Å². The van der Waals surface area contributed by atoms with E-state index in [1.165, 1.54) is 22.3 Å². The van der Waals surface area contributed by atoms with Crippen LogP contribution in [-0.2, 0) is 14.3 Å². The number of amides is 2. The fourth-order valence-electron chi connectivity index (χ4n) is 5.29. The number of ether oxygens (including phenoxy) is 1. The Bertz CT molecular complexity index is 1020. The number of hydrogen-bond donors (Lipinski definition) is 2. The van der Waals surface area contributed by atoms with Gasteiger partial charge in [0.05, 0.1) is 6.42 Å². The summed E-state index contributed by atoms with van der Waals surface area (Å²) in [7, 11) is 0. The van der Waals surface area contributed by atoms with Gasteiger partial charge in [-0.1, -0.05) is 48.5 Å². The van der Waals surface area contributed by atoms with Crippen molar-refractivity contribution in [3.8, 4) is 11.1 Å². The third-order valence-corrected chi connectivity index (χ3v) is 7.03. The van der Waals surface area contributed by atoms with Gasteiger partial charge in [0.2, 0.25) is 5.91 Å². The number of fused-ring (bicyclic) bond motifs is 3. The predicted molar refractivity (Wildman–Crippen MR) is 128 cm³/mol. The second-order valence-electron chi connectivity index (χ2n) is 9.34. The molecule has 180 valence electrons. The molecule has 7 heteroatoms. The number of nitrogens with one attached hydrogen (secondary N) is 1. The first-order chi connectivity index (χ1) is 16.4. The summed E-state index contributed by atoms with van der Waals surface area (Å²) in [6.07, 6.45) is 1.33. The van der Waals surface area contributed by atoms with Gasteiger partial charge < -0.3 is 20.1 Å². The van der Waals surface area contributed by atoms with Crippen LogP contribution in [0.2, 0.25) is 0 Å². The van der Waals surface area contributed by atoms with Crippen molar-refractivity contribution in [3.05, 3.63) is 59.7 Å². The van der Waals surface area contributed by atoms with E-state index >= 15 is 0 Å². The number of carbonyl (C=O) groups excluding carboxylic acids is 2. The van der Waals surface area contributed by atoms with Crippen LogP contribution in [0.5, 0.6) is 0 Å². The molecular formula is C27H32N2O5. The number of carboxylic acids is 1. The molecule has 0 aliphatic heterocycles. The molecule has 2 aromatic carbocycles. The number of alkyl carbamates (subject to hydrolysis) is 1. The first-order valence-electron chi connectivity index (χ1n) is 12.0. The van der Waals surface area contributed by atoms with Gasteiger partial charge in [-0.05, 0) is 54.9 Å². The third kappa shape index (κ3) is 5.08. The van der Waals surface area contributed by atoms with Crippen molar-refractivity contribution in [3.63, 3.8) is 0 Å². The van der Waals surface area contributed by atoms with E-state index in [1.54, 1.807) is 11.8 Å². The van der Waals surface area contributed by atoms with E-state index in [0.29, 0.717) is 13.0 Å². The van der Waals surface area contributed by atoms with Crippen LogP contribution in [-0.4, -0.2) is 53.2 Å². The average molecular weight is 465 g/mol. The van der Waals surface area contributed by atoms with Gasteiger partial charge in [0.25, 0.3) is 0 Å². The standard InChI is InChI=1S/C27H32N2O5/c1-3-29(17(2)12-26(31)32)25(30)15-18-13-19(14-18)28-27(33)34-16-24-22-10-6-4-8-20(22)21-9-5-7-11-23(21)24/h4-11,17-19,24H,3,12-16H2,1-2H3,(H,28,33)(H,31,32). The summed E-state index contributed by atoms with van der Waals surface area (Å²) >= 11 is 0. The van der Waals surface area contributed by atoms with Crippen molar-refractivity contribution in [1.29, 1.82) is 0 Å². The van der Waals surface area contributed by atoms with Crippen molar-refractivity contribution in [2.45, 2.75) is 57.5 Å². The zero-order valence-corrected chi connectivity index (χ0v) is 19.7. The molecule has 0 heterocycles. The maximum atomic E-state index is 12.6. The molecule has 2 aromatic rings. The molecule has 0 aromatic heterocycles. The van der Waals surface area contributed by atoms with Gasteiger partial charge >= 0.3 is 12.1 Å². The van der Waals surface area contributed by atoms with Gasteiger partial charge in [0, 0.05) is 31.0 Å². The predicted octanol–water partition coefficient (Wildman–Crippen LogP) is 4.41. The lowest BCUT2D eigenvalue weighted by atomic mass is 9.78. The second-order valence-corrected chi connectivity index (χ2v) is 9.34. The van der Waals surface area contributed by atoms with Crippen LogP contribution < -0.4 is 5.32 Å². The highest BCUT2D eigenvalue weighted by Crippen LogP contribution is 2.44. The molecule has 0 radical (unpaired) electrons. The Hall–Kier alpha value is -3.35. The molecule has 1 atom stereocenters. The van der Waals surface area contributed by atoms with Crippen LogP contribution >= 0.6 is 0 Å². The molecule has 7 nitrogen and oxygen atoms in total. The van der Waals surface area contributed by atoms with Gasteiger partial charge in [-0.2, -0.15) is 0 Å². The largest absolute Gasteiger partial charge is 0.481 e. The van der Waals surface area contributed by atoms with Gasteiger partial charge in [-0.15, -0.1) is 0 Å². The highest BCUT2D eigenvalue weighted by molar-refractivity contribution is 5.79. The third-order valence-electron chi connectivity index (χ3n) is 7.03. The maximum Gasteiger partial charge on any atom is 0.407 e. The molecule has 2 amide bonds. The SMILES string of the molecule is CCN(C(=O)CC1CC(NC(=O)OCC2c3ccccc3-c3ccccc32)C1)C(C)CC(=O)O. The number of hydrogen-bond acceptors (Lipinski definition) is 4. The van der Waals surface area contributed by atoms with E-state index in [9.17, 15) is 14.4 Å². The Balaban J connectivity index is 1.23. The lowest BCUT2D eigenvalue weighted by molar-refractivity contribution is -0.141. The van der Waals surface area contributed by atoms with Crippen LogP contribution in [0.4, 0.5) is 4.79 Å². The molecular weight excluding hydrogens is 432 g/mol. The van der Waals surface area contributed by atoms with Gasteiger partial charge in [0.15, 0.2) is 0 Å². The number of nitrogens with zero attached hydrogens (tertiary/aromatic N) is 1. The van der Waals surface area contributed by atoms with Crippen LogP contribution in [0.3, 0.4) is 0 Å². The quantitative estimate of drug-likeness (QED) is 0.573. The molecule has 0 bridgehead atoms. The number of carbonyl (C=O) groups is 3. The minimum atomic E-state index is -0.908. The highest BCUT2D eigenvalue weighted by Gasteiger charge is 2.35. The molecule has 4 rings (SSSR count). The Labute approximate surface area is 200 Å². The molecule has 2 aliphatic rings. The van der Waals surface area contributed by atoms with E-state index in [2.05, 4.69) is 29.6 Å². The summed E-state index contributed by atoms with van der Waals surface area (Å²) in [5.41, 5.74) is 4.74. The summed E-state index contributed by atoms with van der Waals surface area (Å²) in [5, 5.41) is 11.9. The monoisotopic (exact) mass is 464 g/mol. The van der Waals surface area contributed by atoms with Gasteiger partial charge in [-0.3, -0.25) is 9.59 Å². The van der Waals surface area contributed by atoms with Gasteiger partial charge in [0.1, 0.15) is 6.61 Å². The summed E-state index contributed by atoms with van der Waals surface area (Å²) in [6, 6.07) is 16.1. The summed E-state index contributed by atoms with van der Waals surface area (Å²) < 4.78 is 5.61. The van der Waals surface area contributed by atoms with Crippen molar-refractivity contribution >= 4 is 18.0 Å². The van der Waals surface area contributed by atoms with Gasteiger partial charge in [-0.25, -0.2) is 4.79 Å². The van der Waals surface area contributed by atoms with Crippen molar-refractivity contribution in [1.82, 2.24) is 10.2 Å². The Morgan fingerprint density at radius 2 is 1.65 bits per heavy atom. The number of benzene rings is 2. The number of rotatable bonds is 9. The lowest BCUT2D eigenvalue weighted by Gasteiger charge is -2.37. The first kappa shape index (κ1) is 23.8. The Morgan fingerprint density at radius 3 is 2.21 bits per heavy atom. The molecule has 1 unspecified atom stereocenters. The van der Waals surface area contributed by atoms with E-state index in [4.69, 9.17) is 9.84 Å². The molecule has 0 saturated heterocycles. The first-order valence-corrected chi connectivity index (χ1v) is 12.0. The lowest BCUT2D eigenvalue weighted by Crippen LogP contribution is -2.47. The zero-order valence-electron chi connectivity index (χ0n) is 19.7. The zero-order chi connectivity index (χ0) is 24.2. The molecule has 2 N–H and O–H groups in total. The molecule has 2 aliphatic carbocycles. The van der Waals surface area contributed by atoms with E-state index in [-0.39, 0.29) is 42.9 Å². The van der Waals surface area contributed by atoms with Crippen LogP contribution in [0.15, 0.2) is 48.5 Å². The summed E-state index contributed by atoms with van der Waals surface area (Å²) in [6.45, 7) is 4.39. The number of carboxylic acid groups (broad SMARTS) is 1. The smallest absolute Gasteiger partial charge is 0.407 e. The Kier molecular flexibility index (Phi) is 7.20. The van der Waals surface area contributed by atoms with Crippen molar-refractivity contribution < 1.29 is 24.2 Å². The Morgan fingerprint density at radius 1 is 1.06 bits per heavy atom. The average Bonchev–Trinajstić information content (AvgIpc) is 3.10.